The van der Waals surface area contributed by atoms with Gasteiger partial charge in [0.15, 0.2) is 0 Å². The highest BCUT2D eigenvalue weighted by atomic mass is 16.5. The minimum absolute atomic E-state index is 0.296. The number of rotatable bonds is 10. The molecule has 0 aromatic heterocycles. The van der Waals surface area contributed by atoms with Gasteiger partial charge in [-0.2, -0.15) is 0 Å². The van der Waals surface area contributed by atoms with Crippen molar-refractivity contribution >= 4 is 0 Å². The van der Waals surface area contributed by atoms with E-state index >= 15 is 0 Å². The molecule has 6 heteroatoms. The molecule has 1 saturated heterocycles. The van der Waals surface area contributed by atoms with E-state index < -0.39 is 6.10 Å². The lowest BCUT2D eigenvalue weighted by atomic mass is 10.2. The summed E-state index contributed by atoms with van der Waals surface area (Å²) in [6.07, 6.45) is -0.507. The molecule has 1 fully saturated rings. The van der Waals surface area contributed by atoms with Crippen molar-refractivity contribution in [1.29, 1.82) is 0 Å². The average Bonchev–Trinajstić information content (AvgIpc) is 2.75. The maximum absolute atomic E-state index is 10.4. The summed E-state index contributed by atoms with van der Waals surface area (Å²) in [5.41, 5.74) is 2.26. The highest BCUT2D eigenvalue weighted by Gasteiger charge is 2.19. The Morgan fingerprint density at radius 1 is 0.931 bits per heavy atom. The topological polar surface area (TPSA) is 54.4 Å². The molecule has 1 N–H and O–H groups in total. The van der Waals surface area contributed by atoms with E-state index in [1.165, 1.54) is 5.56 Å². The first kappa shape index (κ1) is 21.6. The standard InChI is InChI=1S/C23H32N2O4/c1-27-22-8-9-23(28-2)20(14-22)17-29-18-21(26)16-25-12-10-24(11-13-25)15-19-6-4-3-5-7-19/h3-9,14,21,26H,10-13,15-18H2,1-2H3/t21-/m1/s1. The second-order valence-electron chi connectivity index (χ2n) is 7.41. The van der Waals surface area contributed by atoms with Crippen molar-refractivity contribution < 1.29 is 19.3 Å². The van der Waals surface area contributed by atoms with Gasteiger partial charge in [-0.05, 0) is 23.8 Å². The molecule has 0 radical (unpaired) electrons. The lowest BCUT2D eigenvalue weighted by molar-refractivity contribution is 0.000454. The van der Waals surface area contributed by atoms with E-state index in [0.29, 0.717) is 19.8 Å². The number of benzene rings is 2. The first-order valence-corrected chi connectivity index (χ1v) is 10.1. The Balaban J connectivity index is 1.37. The Bertz CT molecular complexity index is 733. The molecule has 1 aliphatic heterocycles. The van der Waals surface area contributed by atoms with Crippen LogP contribution in [-0.2, 0) is 17.9 Å². The smallest absolute Gasteiger partial charge is 0.124 e. The van der Waals surface area contributed by atoms with Crippen LogP contribution in [0.3, 0.4) is 0 Å². The lowest BCUT2D eigenvalue weighted by Gasteiger charge is -2.35. The number of piperazine rings is 1. The third kappa shape index (κ3) is 6.72. The minimum Gasteiger partial charge on any atom is -0.497 e. The SMILES string of the molecule is COc1ccc(OC)c(COC[C@H](O)CN2CCN(Cc3ccccc3)CC2)c1. The number of methoxy groups -OCH3 is 2. The fraction of sp³-hybridized carbons (Fsp3) is 0.478. The summed E-state index contributed by atoms with van der Waals surface area (Å²) in [6.45, 7) is 6.26. The van der Waals surface area contributed by atoms with Gasteiger partial charge < -0.3 is 19.3 Å². The number of aliphatic hydroxyl groups excluding tert-OH is 1. The Hall–Kier alpha value is -2.12. The third-order valence-corrected chi connectivity index (χ3v) is 5.24. The van der Waals surface area contributed by atoms with Crippen LogP contribution in [0.15, 0.2) is 48.5 Å². The molecule has 158 valence electrons. The summed E-state index contributed by atoms with van der Waals surface area (Å²) in [6, 6.07) is 16.2. The quantitative estimate of drug-likeness (QED) is 0.661. The van der Waals surface area contributed by atoms with Crippen LogP contribution < -0.4 is 9.47 Å². The third-order valence-electron chi connectivity index (χ3n) is 5.24. The second kappa shape index (κ2) is 11.2. The molecule has 2 aromatic carbocycles. The summed E-state index contributed by atoms with van der Waals surface area (Å²) in [7, 11) is 3.27. The summed E-state index contributed by atoms with van der Waals surface area (Å²) >= 11 is 0. The predicted molar refractivity (Wildman–Crippen MR) is 113 cm³/mol. The molecule has 29 heavy (non-hydrogen) atoms. The normalized spacial score (nSPS) is 16.5. The lowest BCUT2D eigenvalue weighted by Crippen LogP contribution is -2.48. The largest absolute Gasteiger partial charge is 0.497 e. The monoisotopic (exact) mass is 400 g/mol. The first-order valence-electron chi connectivity index (χ1n) is 10.1. The van der Waals surface area contributed by atoms with Crippen molar-refractivity contribution in [3.63, 3.8) is 0 Å². The maximum Gasteiger partial charge on any atom is 0.124 e. The van der Waals surface area contributed by atoms with Crippen LogP contribution in [0.4, 0.5) is 0 Å². The van der Waals surface area contributed by atoms with Gasteiger partial charge in [0, 0.05) is 44.8 Å². The first-order chi connectivity index (χ1) is 14.2. The summed E-state index contributed by atoms with van der Waals surface area (Å²) in [5, 5.41) is 10.4. The van der Waals surface area contributed by atoms with Crippen molar-refractivity contribution in [1.82, 2.24) is 9.80 Å². The van der Waals surface area contributed by atoms with E-state index in [-0.39, 0.29) is 0 Å². The van der Waals surface area contributed by atoms with Crippen LogP contribution >= 0.6 is 0 Å². The number of nitrogens with zero attached hydrogens (tertiary/aromatic N) is 2. The maximum atomic E-state index is 10.4. The molecule has 0 bridgehead atoms. The van der Waals surface area contributed by atoms with E-state index in [4.69, 9.17) is 14.2 Å². The molecule has 1 heterocycles. The molecule has 2 aromatic rings. The Morgan fingerprint density at radius 2 is 1.66 bits per heavy atom. The van der Waals surface area contributed by atoms with Crippen molar-refractivity contribution in [2.45, 2.75) is 19.3 Å². The Labute approximate surface area is 173 Å². The van der Waals surface area contributed by atoms with E-state index in [1.807, 2.05) is 18.2 Å². The molecule has 0 aliphatic carbocycles. The van der Waals surface area contributed by atoms with Crippen molar-refractivity contribution in [2.24, 2.45) is 0 Å². The molecule has 1 atom stereocenters. The highest BCUT2D eigenvalue weighted by Crippen LogP contribution is 2.24. The zero-order valence-electron chi connectivity index (χ0n) is 17.4. The van der Waals surface area contributed by atoms with Gasteiger partial charge in [0.2, 0.25) is 0 Å². The summed E-state index contributed by atoms with van der Waals surface area (Å²) in [5.74, 6) is 1.52. The second-order valence-corrected chi connectivity index (χ2v) is 7.41. The zero-order chi connectivity index (χ0) is 20.5. The highest BCUT2D eigenvalue weighted by molar-refractivity contribution is 5.39. The molecular weight excluding hydrogens is 368 g/mol. The van der Waals surface area contributed by atoms with Crippen molar-refractivity contribution in [3.05, 3.63) is 59.7 Å². The van der Waals surface area contributed by atoms with Gasteiger partial charge in [-0.15, -0.1) is 0 Å². The molecule has 0 amide bonds. The average molecular weight is 401 g/mol. The minimum atomic E-state index is -0.507. The number of hydrogen-bond donors (Lipinski definition) is 1. The van der Waals surface area contributed by atoms with Crippen LogP contribution in [-0.4, -0.2) is 74.6 Å². The van der Waals surface area contributed by atoms with Gasteiger partial charge >= 0.3 is 0 Å². The van der Waals surface area contributed by atoms with Gasteiger partial charge in [0.05, 0.1) is 33.5 Å². The fourth-order valence-corrected chi connectivity index (χ4v) is 3.62. The predicted octanol–water partition coefficient (Wildman–Crippen LogP) is 2.40. The molecular formula is C23H32N2O4. The Morgan fingerprint density at radius 3 is 2.34 bits per heavy atom. The fourth-order valence-electron chi connectivity index (χ4n) is 3.62. The van der Waals surface area contributed by atoms with Crippen LogP contribution in [0.2, 0.25) is 0 Å². The Kier molecular flexibility index (Phi) is 8.31. The van der Waals surface area contributed by atoms with Gasteiger partial charge in [0.25, 0.3) is 0 Å². The van der Waals surface area contributed by atoms with E-state index in [2.05, 4.69) is 40.1 Å². The van der Waals surface area contributed by atoms with Crippen molar-refractivity contribution in [2.75, 3.05) is 53.6 Å². The van der Waals surface area contributed by atoms with E-state index in [1.54, 1.807) is 14.2 Å². The molecule has 0 unspecified atom stereocenters. The number of hydrogen-bond acceptors (Lipinski definition) is 6. The van der Waals surface area contributed by atoms with Gasteiger partial charge in [-0.25, -0.2) is 0 Å². The van der Waals surface area contributed by atoms with Crippen LogP contribution in [0, 0.1) is 0 Å². The van der Waals surface area contributed by atoms with Crippen LogP contribution in [0.25, 0.3) is 0 Å². The summed E-state index contributed by atoms with van der Waals surface area (Å²) in [4.78, 5) is 4.77. The summed E-state index contributed by atoms with van der Waals surface area (Å²) < 4.78 is 16.4. The molecule has 0 saturated carbocycles. The molecule has 6 nitrogen and oxygen atoms in total. The van der Waals surface area contributed by atoms with Gasteiger partial charge in [-0.1, -0.05) is 30.3 Å². The van der Waals surface area contributed by atoms with Gasteiger partial charge in [-0.3, -0.25) is 9.80 Å². The molecule has 3 rings (SSSR count). The number of ether oxygens (including phenoxy) is 3. The zero-order valence-corrected chi connectivity index (χ0v) is 17.4. The van der Waals surface area contributed by atoms with E-state index in [0.717, 1.165) is 49.8 Å². The van der Waals surface area contributed by atoms with E-state index in [9.17, 15) is 5.11 Å². The van der Waals surface area contributed by atoms with Gasteiger partial charge in [0.1, 0.15) is 11.5 Å². The number of β-amino-alcohol motifs (C(OH)–C–C–N with tert-alkyl or cyclic N) is 1. The molecule has 0 spiro atoms. The van der Waals surface area contributed by atoms with Crippen LogP contribution in [0.1, 0.15) is 11.1 Å². The number of aliphatic hydroxyl groups is 1. The van der Waals surface area contributed by atoms with Crippen molar-refractivity contribution in [3.8, 4) is 11.5 Å². The molecule has 1 aliphatic rings. The van der Waals surface area contributed by atoms with Crippen LogP contribution in [0.5, 0.6) is 11.5 Å².